The van der Waals surface area contributed by atoms with Crippen LogP contribution in [0.1, 0.15) is 39.7 Å². The maximum absolute atomic E-state index is 13.2. The average molecular weight is 423 g/mol. The highest BCUT2D eigenvalue weighted by Gasteiger charge is 2.39. The second-order valence-corrected chi connectivity index (χ2v) is 7.82. The molecule has 2 aromatic carbocycles. The first-order chi connectivity index (χ1) is 14.9. The summed E-state index contributed by atoms with van der Waals surface area (Å²) in [6.07, 6.45) is 0.917. The lowest BCUT2D eigenvalue weighted by Gasteiger charge is -2.17. The second kappa shape index (κ2) is 10.2. The molecule has 0 aromatic heterocycles. The number of carbonyl (C=O) groups is 2. The van der Waals surface area contributed by atoms with Crippen molar-refractivity contribution in [2.24, 2.45) is 5.92 Å². The van der Waals surface area contributed by atoms with Gasteiger partial charge in [-0.15, -0.1) is 0 Å². The van der Waals surface area contributed by atoms with Gasteiger partial charge in [0.2, 0.25) is 0 Å². The summed E-state index contributed by atoms with van der Waals surface area (Å²) in [4.78, 5) is 27.7. The van der Waals surface area contributed by atoms with Crippen LogP contribution >= 0.6 is 0 Å². The first-order valence-corrected chi connectivity index (χ1v) is 10.8. The van der Waals surface area contributed by atoms with E-state index in [0.717, 1.165) is 17.9 Å². The molecule has 6 heteroatoms. The smallest absolute Gasteiger partial charge is 0.278 e. The number of nitrogens with zero attached hydrogens (tertiary/aromatic N) is 1. The predicted octanol–water partition coefficient (Wildman–Crippen LogP) is 4.72. The van der Waals surface area contributed by atoms with Gasteiger partial charge in [0.05, 0.1) is 18.8 Å². The molecule has 0 radical (unpaired) electrons. The molecule has 1 aliphatic heterocycles. The molecule has 0 atom stereocenters. The van der Waals surface area contributed by atoms with Crippen molar-refractivity contribution in [3.63, 3.8) is 0 Å². The fourth-order valence-corrected chi connectivity index (χ4v) is 3.37. The Bertz CT molecular complexity index is 946. The zero-order valence-electron chi connectivity index (χ0n) is 18.6. The molecular weight excluding hydrogens is 392 g/mol. The summed E-state index contributed by atoms with van der Waals surface area (Å²) in [6, 6.07) is 14.6. The van der Waals surface area contributed by atoms with Crippen LogP contribution in [0.2, 0.25) is 0 Å². The van der Waals surface area contributed by atoms with Crippen molar-refractivity contribution in [1.29, 1.82) is 0 Å². The van der Waals surface area contributed by atoms with Gasteiger partial charge in [-0.25, -0.2) is 0 Å². The number of nitrogens with one attached hydrogen (secondary N) is 1. The monoisotopic (exact) mass is 422 g/mol. The van der Waals surface area contributed by atoms with Crippen LogP contribution in [0.4, 0.5) is 5.69 Å². The van der Waals surface area contributed by atoms with Crippen molar-refractivity contribution in [2.45, 2.75) is 34.1 Å². The van der Waals surface area contributed by atoms with Crippen LogP contribution in [0, 0.1) is 5.92 Å². The zero-order valence-corrected chi connectivity index (χ0v) is 18.6. The molecule has 0 spiro atoms. The SMILES string of the molecule is CCCOc1ccc(C2=C(Nc3ccc(OCC)cc3)C(=O)N(CC(C)C)C2=O)cc1. The fraction of sp³-hybridized carbons (Fsp3) is 0.360. The molecule has 6 nitrogen and oxygen atoms in total. The minimum atomic E-state index is -0.311. The molecule has 1 heterocycles. The van der Waals surface area contributed by atoms with Crippen LogP contribution in [0.25, 0.3) is 5.57 Å². The van der Waals surface area contributed by atoms with Gasteiger partial charge in [-0.1, -0.05) is 32.9 Å². The number of hydrogen-bond donors (Lipinski definition) is 1. The number of hydrogen-bond acceptors (Lipinski definition) is 5. The summed E-state index contributed by atoms with van der Waals surface area (Å²) in [5, 5.41) is 3.17. The third-order valence-electron chi connectivity index (χ3n) is 4.77. The van der Waals surface area contributed by atoms with Crippen LogP contribution in [0.3, 0.4) is 0 Å². The summed E-state index contributed by atoms with van der Waals surface area (Å²) in [7, 11) is 0. The first-order valence-electron chi connectivity index (χ1n) is 10.8. The molecule has 0 unspecified atom stereocenters. The summed E-state index contributed by atoms with van der Waals surface area (Å²) in [5.41, 5.74) is 2.06. The minimum Gasteiger partial charge on any atom is -0.494 e. The number of imide groups is 1. The molecule has 2 aromatic rings. The molecule has 0 saturated carbocycles. The van der Waals surface area contributed by atoms with Crippen LogP contribution in [0.15, 0.2) is 54.2 Å². The Labute approximate surface area is 183 Å². The Kier molecular flexibility index (Phi) is 7.34. The number of rotatable bonds is 10. The topological polar surface area (TPSA) is 67.9 Å². The Morgan fingerprint density at radius 2 is 1.48 bits per heavy atom. The van der Waals surface area contributed by atoms with Crippen molar-refractivity contribution < 1.29 is 19.1 Å². The van der Waals surface area contributed by atoms with E-state index in [2.05, 4.69) is 5.32 Å². The third kappa shape index (κ3) is 5.26. The van der Waals surface area contributed by atoms with E-state index in [9.17, 15) is 9.59 Å². The standard InChI is InChI=1S/C25H30N2O4/c1-5-15-31-21-11-7-18(8-12-21)22-23(25(29)27(24(22)28)16-17(3)4)26-19-9-13-20(14-10-19)30-6-2/h7-14,17,26H,5-6,15-16H2,1-4H3. The normalized spacial score (nSPS) is 13.9. The largest absolute Gasteiger partial charge is 0.494 e. The Morgan fingerprint density at radius 1 is 0.871 bits per heavy atom. The average Bonchev–Trinajstić information content (AvgIpc) is 2.98. The molecule has 0 saturated heterocycles. The van der Waals surface area contributed by atoms with Gasteiger partial charge in [0.1, 0.15) is 17.2 Å². The molecule has 3 rings (SSSR count). The van der Waals surface area contributed by atoms with E-state index >= 15 is 0 Å². The van der Waals surface area contributed by atoms with Crippen molar-refractivity contribution in [3.05, 3.63) is 59.8 Å². The summed E-state index contributed by atoms with van der Waals surface area (Å²) < 4.78 is 11.1. The van der Waals surface area contributed by atoms with E-state index < -0.39 is 0 Å². The molecule has 2 amide bonds. The summed E-state index contributed by atoms with van der Waals surface area (Å²) in [5.74, 6) is 1.07. The quantitative estimate of drug-likeness (QED) is 0.561. The molecule has 1 aliphatic rings. The number of anilines is 1. The lowest BCUT2D eigenvalue weighted by atomic mass is 10.0. The van der Waals surface area contributed by atoms with Gasteiger partial charge >= 0.3 is 0 Å². The highest BCUT2D eigenvalue weighted by atomic mass is 16.5. The lowest BCUT2D eigenvalue weighted by molar-refractivity contribution is -0.137. The van der Waals surface area contributed by atoms with E-state index in [1.165, 1.54) is 4.90 Å². The van der Waals surface area contributed by atoms with E-state index in [-0.39, 0.29) is 23.4 Å². The highest BCUT2D eigenvalue weighted by Crippen LogP contribution is 2.32. The summed E-state index contributed by atoms with van der Waals surface area (Å²) >= 11 is 0. The van der Waals surface area contributed by atoms with E-state index in [4.69, 9.17) is 9.47 Å². The molecule has 164 valence electrons. The Morgan fingerprint density at radius 3 is 2.06 bits per heavy atom. The van der Waals surface area contributed by atoms with Crippen LogP contribution in [0.5, 0.6) is 11.5 Å². The maximum atomic E-state index is 13.2. The first kappa shape index (κ1) is 22.4. The van der Waals surface area contributed by atoms with Crippen molar-refractivity contribution in [1.82, 2.24) is 4.90 Å². The number of ether oxygens (including phenoxy) is 2. The Hall–Kier alpha value is -3.28. The second-order valence-electron chi connectivity index (χ2n) is 7.82. The van der Waals surface area contributed by atoms with Crippen molar-refractivity contribution in [3.8, 4) is 11.5 Å². The van der Waals surface area contributed by atoms with Crippen LogP contribution in [-0.2, 0) is 9.59 Å². The molecule has 1 N–H and O–H groups in total. The zero-order chi connectivity index (χ0) is 22.4. The van der Waals surface area contributed by atoms with Crippen LogP contribution in [-0.4, -0.2) is 36.5 Å². The maximum Gasteiger partial charge on any atom is 0.278 e. The van der Waals surface area contributed by atoms with Gasteiger partial charge in [0.25, 0.3) is 11.8 Å². The van der Waals surface area contributed by atoms with Gasteiger partial charge < -0.3 is 14.8 Å². The van der Waals surface area contributed by atoms with Gasteiger partial charge in [0, 0.05) is 12.2 Å². The molecular formula is C25H30N2O4. The highest BCUT2D eigenvalue weighted by molar-refractivity contribution is 6.36. The number of amides is 2. The molecule has 31 heavy (non-hydrogen) atoms. The molecule has 0 aliphatic carbocycles. The van der Waals surface area contributed by atoms with Crippen molar-refractivity contribution >= 4 is 23.1 Å². The van der Waals surface area contributed by atoms with Crippen molar-refractivity contribution in [2.75, 3.05) is 25.1 Å². The molecule has 0 bridgehead atoms. The summed E-state index contributed by atoms with van der Waals surface area (Å²) in [6.45, 7) is 9.52. The van der Waals surface area contributed by atoms with Gasteiger partial charge in [-0.05, 0) is 61.2 Å². The predicted molar refractivity (Wildman–Crippen MR) is 122 cm³/mol. The number of benzene rings is 2. The van der Waals surface area contributed by atoms with Gasteiger partial charge in [-0.3, -0.25) is 14.5 Å². The fourth-order valence-electron chi connectivity index (χ4n) is 3.37. The minimum absolute atomic E-state index is 0.170. The molecule has 0 fully saturated rings. The van der Waals surface area contributed by atoms with Crippen LogP contribution < -0.4 is 14.8 Å². The van der Waals surface area contributed by atoms with E-state index in [1.54, 1.807) is 0 Å². The third-order valence-corrected chi connectivity index (χ3v) is 4.77. The Balaban J connectivity index is 1.94. The number of carbonyl (C=O) groups excluding carboxylic acids is 2. The van der Waals surface area contributed by atoms with E-state index in [1.807, 2.05) is 76.2 Å². The van der Waals surface area contributed by atoms with E-state index in [0.29, 0.717) is 36.6 Å². The van der Waals surface area contributed by atoms with Gasteiger partial charge in [-0.2, -0.15) is 0 Å². The van der Waals surface area contributed by atoms with Gasteiger partial charge in [0.15, 0.2) is 0 Å². The lowest BCUT2D eigenvalue weighted by Crippen LogP contribution is -2.35.